The predicted molar refractivity (Wildman–Crippen MR) is 98.1 cm³/mol. The molecule has 2 aliphatic rings. The summed E-state index contributed by atoms with van der Waals surface area (Å²) in [6.07, 6.45) is -3.61. The molecule has 2 aromatic rings. The number of amides is 2. The zero-order valence-electron chi connectivity index (χ0n) is 16.0. The molecule has 0 saturated heterocycles. The predicted octanol–water partition coefficient (Wildman–Crippen LogP) is 2.38. The number of aromatic nitrogens is 3. The fourth-order valence-electron chi connectivity index (χ4n) is 3.35. The molecule has 2 heterocycles. The van der Waals surface area contributed by atoms with Crippen molar-refractivity contribution in [3.05, 3.63) is 45.4 Å². The van der Waals surface area contributed by atoms with Crippen LogP contribution in [0.4, 0.5) is 28.0 Å². The molecular formula is C19H17F4N5O2. The maximum Gasteiger partial charge on any atom is 0.427 e. The maximum atomic E-state index is 14.9. The molecule has 1 atom stereocenters. The van der Waals surface area contributed by atoms with Crippen molar-refractivity contribution < 1.29 is 22.4 Å². The van der Waals surface area contributed by atoms with Crippen LogP contribution in [0.1, 0.15) is 29.8 Å². The SMILES string of the molecule is Cc1nn(C)c(=O)n1Cc1cc2c(cc1F)[C@@](C#CC1CC1)(C(F)(F)F)NC(=O)N2. The number of rotatable bonds is 2. The molecule has 158 valence electrons. The third kappa shape index (κ3) is 3.22. The first kappa shape index (κ1) is 20.0. The minimum atomic E-state index is -4.98. The summed E-state index contributed by atoms with van der Waals surface area (Å²) in [6, 6.07) is 0.710. The highest BCUT2D eigenvalue weighted by Gasteiger charge is 2.59. The number of anilines is 1. The van der Waals surface area contributed by atoms with Gasteiger partial charge in [-0.25, -0.2) is 18.7 Å². The number of hydrogen-bond acceptors (Lipinski definition) is 3. The lowest BCUT2D eigenvalue weighted by Gasteiger charge is -2.37. The molecule has 1 saturated carbocycles. The summed E-state index contributed by atoms with van der Waals surface area (Å²) >= 11 is 0. The molecule has 0 unspecified atom stereocenters. The van der Waals surface area contributed by atoms with Gasteiger partial charge in [-0.1, -0.05) is 11.8 Å². The van der Waals surface area contributed by atoms with Crippen LogP contribution in [-0.2, 0) is 19.1 Å². The minimum absolute atomic E-state index is 0.0691. The first-order valence-corrected chi connectivity index (χ1v) is 9.14. The first-order valence-electron chi connectivity index (χ1n) is 9.14. The van der Waals surface area contributed by atoms with Crippen LogP contribution in [0.15, 0.2) is 16.9 Å². The van der Waals surface area contributed by atoms with Crippen LogP contribution in [0.25, 0.3) is 0 Å². The number of urea groups is 1. The number of aryl methyl sites for hydroxylation is 2. The molecule has 1 aromatic heterocycles. The Morgan fingerprint density at radius 3 is 2.57 bits per heavy atom. The Labute approximate surface area is 168 Å². The minimum Gasteiger partial charge on any atom is -0.310 e. The maximum absolute atomic E-state index is 14.9. The smallest absolute Gasteiger partial charge is 0.310 e. The van der Waals surface area contributed by atoms with Crippen molar-refractivity contribution in [3.63, 3.8) is 0 Å². The Morgan fingerprint density at radius 1 is 1.30 bits per heavy atom. The van der Waals surface area contributed by atoms with E-state index in [1.807, 2.05) is 5.32 Å². The number of fused-ring (bicyclic) bond motifs is 1. The monoisotopic (exact) mass is 423 g/mol. The molecule has 4 rings (SSSR count). The second-order valence-electron chi connectivity index (χ2n) is 7.40. The molecule has 1 aromatic carbocycles. The molecule has 30 heavy (non-hydrogen) atoms. The number of carbonyl (C=O) groups excluding carboxylic acids is 1. The number of hydrogen-bond donors (Lipinski definition) is 2. The van der Waals surface area contributed by atoms with Gasteiger partial charge in [0.2, 0.25) is 5.54 Å². The highest BCUT2D eigenvalue weighted by molar-refractivity contribution is 5.95. The van der Waals surface area contributed by atoms with E-state index in [-0.39, 0.29) is 23.7 Å². The fraction of sp³-hybridized carbons (Fsp3) is 0.421. The van der Waals surface area contributed by atoms with Gasteiger partial charge < -0.3 is 10.6 Å². The third-order valence-electron chi connectivity index (χ3n) is 5.13. The quantitative estimate of drug-likeness (QED) is 0.575. The van der Waals surface area contributed by atoms with Crippen molar-refractivity contribution in [1.29, 1.82) is 0 Å². The lowest BCUT2D eigenvalue weighted by molar-refractivity contribution is -0.178. The van der Waals surface area contributed by atoms with E-state index in [0.29, 0.717) is 24.7 Å². The molecule has 1 aliphatic heterocycles. The van der Waals surface area contributed by atoms with E-state index in [1.54, 1.807) is 6.92 Å². The Bertz CT molecular complexity index is 1170. The van der Waals surface area contributed by atoms with Gasteiger partial charge in [0.15, 0.2) is 0 Å². The molecule has 2 amide bonds. The number of halogens is 4. The Kier molecular flexibility index (Phi) is 4.41. The molecule has 1 aliphatic carbocycles. The highest BCUT2D eigenvalue weighted by Crippen LogP contribution is 2.45. The number of nitrogens with one attached hydrogen (secondary N) is 2. The van der Waals surface area contributed by atoms with Crippen LogP contribution < -0.4 is 16.3 Å². The van der Waals surface area contributed by atoms with E-state index < -0.39 is 34.8 Å². The van der Waals surface area contributed by atoms with E-state index in [4.69, 9.17) is 0 Å². The van der Waals surface area contributed by atoms with Crippen molar-refractivity contribution in [1.82, 2.24) is 19.7 Å². The van der Waals surface area contributed by atoms with Gasteiger partial charge >= 0.3 is 17.9 Å². The van der Waals surface area contributed by atoms with Crippen molar-refractivity contribution >= 4 is 11.7 Å². The Hall–Kier alpha value is -3.29. The van der Waals surface area contributed by atoms with Crippen molar-refractivity contribution in [2.45, 2.75) is 38.0 Å². The van der Waals surface area contributed by atoms with E-state index in [2.05, 4.69) is 22.3 Å². The summed E-state index contributed by atoms with van der Waals surface area (Å²) in [5, 5.41) is 8.06. The van der Waals surface area contributed by atoms with Gasteiger partial charge in [-0.05, 0) is 31.9 Å². The van der Waals surface area contributed by atoms with Crippen LogP contribution in [0.2, 0.25) is 0 Å². The number of nitrogens with zero attached hydrogens (tertiary/aromatic N) is 3. The van der Waals surface area contributed by atoms with Crippen LogP contribution in [0.5, 0.6) is 0 Å². The van der Waals surface area contributed by atoms with E-state index in [0.717, 1.165) is 10.7 Å². The number of alkyl halides is 3. The summed E-state index contributed by atoms with van der Waals surface area (Å²) in [5.41, 5.74) is -4.34. The summed E-state index contributed by atoms with van der Waals surface area (Å²) in [4.78, 5) is 24.2. The summed E-state index contributed by atoms with van der Waals surface area (Å²) < 4.78 is 59.4. The van der Waals surface area contributed by atoms with Crippen LogP contribution in [0.3, 0.4) is 0 Å². The van der Waals surface area contributed by atoms with Gasteiger partial charge in [0.25, 0.3) is 0 Å². The van der Waals surface area contributed by atoms with Crippen molar-refractivity contribution in [2.75, 3.05) is 5.32 Å². The molecule has 0 bridgehead atoms. The molecule has 11 heteroatoms. The largest absolute Gasteiger partial charge is 0.427 e. The van der Waals surface area contributed by atoms with E-state index in [1.165, 1.54) is 11.6 Å². The van der Waals surface area contributed by atoms with Gasteiger partial charge in [-0.3, -0.25) is 4.57 Å². The first-order chi connectivity index (χ1) is 14.0. The molecule has 2 N–H and O–H groups in total. The van der Waals surface area contributed by atoms with Crippen LogP contribution >= 0.6 is 0 Å². The average Bonchev–Trinajstić information content (AvgIpc) is 3.43. The lowest BCUT2D eigenvalue weighted by Crippen LogP contribution is -2.59. The lowest BCUT2D eigenvalue weighted by atomic mass is 9.85. The molecule has 0 radical (unpaired) electrons. The number of benzene rings is 1. The second-order valence-corrected chi connectivity index (χ2v) is 7.40. The van der Waals surface area contributed by atoms with E-state index >= 15 is 0 Å². The van der Waals surface area contributed by atoms with Crippen LogP contribution in [-0.4, -0.2) is 26.6 Å². The summed E-state index contributed by atoms with van der Waals surface area (Å²) in [5.74, 6) is 3.89. The van der Waals surface area contributed by atoms with Crippen LogP contribution in [0, 0.1) is 30.5 Å². The third-order valence-corrected chi connectivity index (χ3v) is 5.13. The molecule has 0 spiro atoms. The van der Waals surface area contributed by atoms with Gasteiger partial charge in [0.05, 0.1) is 6.54 Å². The zero-order valence-corrected chi connectivity index (χ0v) is 16.0. The van der Waals surface area contributed by atoms with Crippen molar-refractivity contribution in [3.8, 4) is 11.8 Å². The van der Waals surface area contributed by atoms with Gasteiger partial charge in [-0.15, -0.1) is 0 Å². The topological polar surface area (TPSA) is 81.0 Å². The standard InChI is InChI=1S/C19H17F4N5O2/c1-10-26-27(2)17(30)28(10)9-12-7-15-13(8-14(12)20)18(19(21,22)23,25-16(29)24-15)6-5-11-3-4-11/h7-8,11H,3-4,9H2,1-2H3,(H2,24,25,29)/t18-/m0/s1. The highest BCUT2D eigenvalue weighted by atomic mass is 19.4. The van der Waals surface area contributed by atoms with E-state index in [9.17, 15) is 27.2 Å². The number of carbonyl (C=O) groups is 1. The van der Waals surface area contributed by atoms with Gasteiger partial charge in [-0.2, -0.15) is 18.3 Å². The fourth-order valence-corrected chi connectivity index (χ4v) is 3.35. The summed E-state index contributed by atoms with van der Waals surface area (Å²) in [6.45, 7) is 1.29. The average molecular weight is 423 g/mol. The summed E-state index contributed by atoms with van der Waals surface area (Å²) in [7, 11) is 1.43. The molecular weight excluding hydrogens is 406 g/mol. The van der Waals surface area contributed by atoms with Gasteiger partial charge in [0, 0.05) is 29.8 Å². The van der Waals surface area contributed by atoms with Gasteiger partial charge in [0.1, 0.15) is 11.6 Å². The Morgan fingerprint density at radius 2 is 2.00 bits per heavy atom. The normalized spacial score (nSPS) is 20.7. The second kappa shape index (κ2) is 6.62. The molecule has 7 nitrogen and oxygen atoms in total. The van der Waals surface area contributed by atoms with Crippen molar-refractivity contribution in [2.24, 2.45) is 13.0 Å². The Balaban J connectivity index is 1.85. The zero-order chi connectivity index (χ0) is 21.8. The molecule has 1 fully saturated rings.